The molecule has 1 saturated heterocycles. The zero-order valence-electron chi connectivity index (χ0n) is 12.4. The molecule has 2 atom stereocenters. The molecule has 1 aliphatic carbocycles. The molecule has 106 valence electrons. The summed E-state index contributed by atoms with van der Waals surface area (Å²) in [6.45, 7) is 11.0. The Morgan fingerprint density at radius 2 is 2.06 bits per heavy atom. The molecule has 2 fully saturated rings. The van der Waals surface area contributed by atoms with E-state index in [4.69, 9.17) is 4.74 Å². The van der Waals surface area contributed by atoms with Crippen molar-refractivity contribution in [2.24, 2.45) is 0 Å². The van der Waals surface area contributed by atoms with Gasteiger partial charge in [0.05, 0.1) is 13.2 Å². The van der Waals surface area contributed by atoms with E-state index in [9.17, 15) is 0 Å². The summed E-state index contributed by atoms with van der Waals surface area (Å²) in [5, 5.41) is 3.77. The average Bonchev–Trinajstić information content (AvgIpc) is 2.36. The Morgan fingerprint density at radius 3 is 2.78 bits per heavy atom. The van der Waals surface area contributed by atoms with E-state index in [2.05, 4.69) is 31.0 Å². The maximum atomic E-state index is 5.66. The van der Waals surface area contributed by atoms with E-state index in [0.717, 1.165) is 26.3 Å². The van der Waals surface area contributed by atoms with Crippen LogP contribution in [-0.4, -0.2) is 48.8 Å². The van der Waals surface area contributed by atoms with Gasteiger partial charge in [-0.25, -0.2) is 0 Å². The Balaban J connectivity index is 2.02. The number of nitrogens with one attached hydrogen (secondary N) is 1. The first-order valence-electron chi connectivity index (χ1n) is 7.73. The minimum absolute atomic E-state index is 0.201. The molecule has 0 radical (unpaired) electrons. The molecule has 18 heavy (non-hydrogen) atoms. The molecule has 3 nitrogen and oxygen atoms in total. The lowest BCUT2D eigenvalue weighted by Gasteiger charge is -2.50. The summed E-state index contributed by atoms with van der Waals surface area (Å²) in [4.78, 5) is 2.71. The maximum Gasteiger partial charge on any atom is 0.0645 e. The largest absolute Gasteiger partial charge is 0.378 e. The summed E-state index contributed by atoms with van der Waals surface area (Å²) in [7, 11) is 0. The molecule has 0 aromatic rings. The van der Waals surface area contributed by atoms with E-state index in [0.29, 0.717) is 12.1 Å². The van der Waals surface area contributed by atoms with Gasteiger partial charge in [-0.05, 0) is 39.7 Å². The van der Waals surface area contributed by atoms with Crippen LogP contribution < -0.4 is 5.32 Å². The second-order valence-corrected chi connectivity index (χ2v) is 6.47. The quantitative estimate of drug-likeness (QED) is 0.834. The van der Waals surface area contributed by atoms with Gasteiger partial charge in [-0.3, -0.25) is 4.90 Å². The lowest BCUT2D eigenvalue weighted by atomic mass is 9.85. The zero-order valence-corrected chi connectivity index (χ0v) is 12.4. The van der Waals surface area contributed by atoms with Crippen molar-refractivity contribution in [2.75, 3.05) is 26.3 Å². The summed E-state index contributed by atoms with van der Waals surface area (Å²) < 4.78 is 5.66. The normalized spacial score (nSPS) is 33.5. The molecule has 0 spiro atoms. The third kappa shape index (κ3) is 3.25. The van der Waals surface area contributed by atoms with Crippen LogP contribution in [0.4, 0.5) is 0 Å². The Kier molecular flexibility index (Phi) is 5.05. The van der Waals surface area contributed by atoms with Crippen LogP contribution >= 0.6 is 0 Å². The van der Waals surface area contributed by atoms with E-state index in [1.165, 1.54) is 32.1 Å². The van der Waals surface area contributed by atoms with Crippen molar-refractivity contribution in [1.29, 1.82) is 0 Å². The summed E-state index contributed by atoms with van der Waals surface area (Å²) in [6.07, 6.45) is 6.71. The van der Waals surface area contributed by atoms with Gasteiger partial charge in [0, 0.05) is 24.2 Å². The lowest BCUT2D eigenvalue weighted by molar-refractivity contribution is -0.0841. The number of rotatable bonds is 4. The van der Waals surface area contributed by atoms with E-state index in [1.54, 1.807) is 0 Å². The van der Waals surface area contributed by atoms with Crippen LogP contribution in [0.15, 0.2) is 0 Å². The van der Waals surface area contributed by atoms with Crippen LogP contribution in [0.1, 0.15) is 52.9 Å². The number of morpholine rings is 1. The molecule has 1 aliphatic heterocycles. The molecular formula is C15H30N2O. The van der Waals surface area contributed by atoms with E-state index < -0.39 is 0 Å². The van der Waals surface area contributed by atoms with Crippen molar-refractivity contribution in [1.82, 2.24) is 10.2 Å². The van der Waals surface area contributed by atoms with Crippen molar-refractivity contribution in [3.05, 3.63) is 0 Å². The van der Waals surface area contributed by atoms with Gasteiger partial charge >= 0.3 is 0 Å². The van der Waals surface area contributed by atoms with E-state index in [-0.39, 0.29) is 5.54 Å². The molecule has 3 heteroatoms. The second-order valence-electron chi connectivity index (χ2n) is 6.47. The van der Waals surface area contributed by atoms with Crippen LogP contribution in [0.25, 0.3) is 0 Å². The molecule has 1 heterocycles. The third-order valence-electron chi connectivity index (χ3n) is 4.50. The van der Waals surface area contributed by atoms with Crippen LogP contribution in [0.2, 0.25) is 0 Å². The summed E-state index contributed by atoms with van der Waals surface area (Å²) >= 11 is 0. The highest BCUT2D eigenvalue weighted by atomic mass is 16.5. The number of ether oxygens (including phenoxy) is 1. The van der Waals surface area contributed by atoms with Crippen LogP contribution in [0, 0.1) is 0 Å². The van der Waals surface area contributed by atoms with E-state index >= 15 is 0 Å². The molecule has 1 N–H and O–H groups in total. The molecule has 2 rings (SSSR count). The highest BCUT2D eigenvalue weighted by Crippen LogP contribution is 2.30. The highest BCUT2D eigenvalue weighted by Gasteiger charge is 2.39. The Hall–Kier alpha value is -0.120. The van der Waals surface area contributed by atoms with Gasteiger partial charge in [-0.1, -0.05) is 19.8 Å². The first kappa shape index (κ1) is 14.3. The van der Waals surface area contributed by atoms with Gasteiger partial charge in [-0.2, -0.15) is 0 Å². The van der Waals surface area contributed by atoms with Crippen molar-refractivity contribution in [2.45, 2.75) is 70.5 Å². The first-order chi connectivity index (χ1) is 8.65. The standard InChI is InChI=1S/C15H30N2O/c1-4-9-16-13-7-5-6-8-14(13)17-10-11-18-12-15(17,2)3/h13-14,16H,4-12H2,1-3H3. The molecule has 0 amide bonds. The molecule has 1 saturated carbocycles. The summed E-state index contributed by atoms with van der Waals surface area (Å²) in [5.74, 6) is 0. The SMILES string of the molecule is CCCNC1CCCCC1N1CCOCC1(C)C. The number of nitrogens with zero attached hydrogens (tertiary/aromatic N) is 1. The van der Waals surface area contributed by atoms with Crippen LogP contribution in [-0.2, 0) is 4.74 Å². The molecule has 0 aromatic heterocycles. The zero-order chi connectivity index (χ0) is 13.0. The predicted octanol–water partition coefficient (Wildman–Crippen LogP) is 2.41. The van der Waals surface area contributed by atoms with Crippen LogP contribution in [0.3, 0.4) is 0 Å². The second kappa shape index (κ2) is 6.36. The fourth-order valence-electron chi connectivity index (χ4n) is 3.54. The van der Waals surface area contributed by atoms with Gasteiger partial charge in [0.25, 0.3) is 0 Å². The molecule has 2 unspecified atom stereocenters. The summed E-state index contributed by atoms with van der Waals surface area (Å²) in [6, 6.07) is 1.40. The van der Waals surface area contributed by atoms with Gasteiger partial charge in [0.15, 0.2) is 0 Å². The highest BCUT2D eigenvalue weighted by molar-refractivity contribution is 4.96. The van der Waals surface area contributed by atoms with Gasteiger partial charge in [-0.15, -0.1) is 0 Å². The first-order valence-corrected chi connectivity index (χ1v) is 7.73. The van der Waals surface area contributed by atoms with Gasteiger partial charge < -0.3 is 10.1 Å². The number of hydrogen-bond acceptors (Lipinski definition) is 3. The van der Waals surface area contributed by atoms with Crippen molar-refractivity contribution in [3.63, 3.8) is 0 Å². The third-order valence-corrected chi connectivity index (χ3v) is 4.50. The van der Waals surface area contributed by atoms with Crippen LogP contribution in [0.5, 0.6) is 0 Å². The number of hydrogen-bond donors (Lipinski definition) is 1. The smallest absolute Gasteiger partial charge is 0.0645 e. The van der Waals surface area contributed by atoms with E-state index in [1.807, 2.05) is 0 Å². The molecule has 0 bridgehead atoms. The lowest BCUT2D eigenvalue weighted by Crippen LogP contribution is -2.62. The minimum Gasteiger partial charge on any atom is -0.378 e. The van der Waals surface area contributed by atoms with Crippen molar-refractivity contribution in [3.8, 4) is 0 Å². The summed E-state index contributed by atoms with van der Waals surface area (Å²) in [5.41, 5.74) is 0.201. The van der Waals surface area contributed by atoms with Gasteiger partial charge in [0.2, 0.25) is 0 Å². The van der Waals surface area contributed by atoms with Crippen molar-refractivity contribution < 1.29 is 4.74 Å². The van der Waals surface area contributed by atoms with Gasteiger partial charge in [0.1, 0.15) is 0 Å². The molecule has 0 aromatic carbocycles. The fourth-order valence-corrected chi connectivity index (χ4v) is 3.54. The Labute approximate surface area is 112 Å². The predicted molar refractivity (Wildman–Crippen MR) is 75.9 cm³/mol. The Morgan fingerprint density at radius 1 is 1.28 bits per heavy atom. The van der Waals surface area contributed by atoms with Crippen molar-refractivity contribution >= 4 is 0 Å². The molecule has 2 aliphatic rings. The monoisotopic (exact) mass is 254 g/mol. The average molecular weight is 254 g/mol. The minimum atomic E-state index is 0.201. The fraction of sp³-hybridized carbons (Fsp3) is 1.00. The topological polar surface area (TPSA) is 24.5 Å². The Bertz CT molecular complexity index is 255. The maximum absolute atomic E-state index is 5.66. The molecular weight excluding hydrogens is 224 g/mol.